The fourth-order valence-corrected chi connectivity index (χ4v) is 5.73. The van der Waals surface area contributed by atoms with Gasteiger partial charge in [0.1, 0.15) is 5.75 Å². The molecule has 3 atom stereocenters. The molecule has 1 aromatic carbocycles. The van der Waals surface area contributed by atoms with Gasteiger partial charge in [-0.2, -0.15) is 0 Å². The normalized spacial score (nSPS) is 30.5. The van der Waals surface area contributed by atoms with Crippen molar-refractivity contribution in [3.8, 4) is 5.75 Å². The Kier molecular flexibility index (Phi) is 4.39. The number of hydrogen-bond acceptors (Lipinski definition) is 3. The Balaban J connectivity index is 1.11. The van der Waals surface area contributed by atoms with Gasteiger partial charge in [0.15, 0.2) is 0 Å². The second kappa shape index (κ2) is 6.88. The summed E-state index contributed by atoms with van der Waals surface area (Å²) in [6, 6.07) is 6.61. The number of amides is 1. The van der Waals surface area contributed by atoms with Crippen molar-refractivity contribution in [3.05, 3.63) is 29.3 Å². The summed E-state index contributed by atoms with van der Waals surface area (Å²) in [6.07, 6.45) is 7.36. The summed E-state index contributed by atoms with van der Waals surface area (Å²) in [4.78, 5) is 17.3. The third-order valence-electron chi connectivity index (χ3n) is 7.21. The molecule has 3 fully saturated rings. The van der Waals surface area contributed by atoms with E-state index in [1.807, 2.05) is 0 Å². The summed E-state index contributed by atoms with van der Waals surface area (Å²) >= 11 is 0. The summed E-state index contributed by atoms with van der Waals surface area (Å²) in [7, 11) is 0. The van der Waals surface area contributed by atoms with Gasteiger partial charge in [0.05, 0.1) is 6.61 Å². The van der Waals surface area contributed by atoms with E-state index in [4.69, 9.17) is 4.74 Å². The lowest BCUT2D eigenvalue weighted by Crippen LogP contribution is -2.48. The zero-order valence-electron chi connectivity index (χ0n) is 15.7. The lowest BCUT2D eigenvalue weighted by atomic mass is 9.86. The Morgan fingerprint density at radius 1 is 1.12 bits per heavy atom. The highest BCUT2D eigenvalue weighted by Crippen LogP contribution is 2.49. The molecule has 4 aliphatic rings. The van der Waals surface area contributed by atoms with Crippen LogP contribution in [-0.4, -0.2) is 48.5 Å². The van der Waals surface area contributed by atoms with Gasteiger partial charge in [-0.3, -0.25) is 9.69 Å². The van der Waals surface area contributed by atoms with Gasteiger partial charge in [0, 0.05) is 45.6 Å². The number of benzene rings is 1. The molecule has 2 heterocycles. The van der Waals surface area contributed by atoms with Crippen molar-refractivity contribution in [2.75, 3.05) is 32.8 Å². The fraction of sp³-hybridized carbons (Fsp3) is 0.682. The predicted molar refractivity (Wildman–Crippen MR) is 101 cm³/mol. The summed E-state index contributed by atoms with van der Waals surface area (Å²) in [5.74, 6) is 3.95. The third-order valence-corrected chi connectivity index (χ3v) is 7.21. The van der Waals surface area contributed by atoms with Crippen LogP contribution in [0.5, 0.6) is 5.75 Å². The zero-order chi connectivity index (χ0) is 17.5. The van der Waals surface area contributed by atoms with Crippen molar-refractivity contribution < 1.29 is 9.53 Å². The minimum Gasteiger partial charge on any atom is -0.493 e. The molecule has 5 rings (SSSR count). The van der Waals surface area contributed by atoms with Crippen molar-refractivity contribution in [3.63, 3.8) is 0 Å². The second-order valence-corrected chi connectivity index (χ2v) is 8.84. The number of ether oxygens (including phenoxy) is 1. The highest BCUT2D eigenvalue weighted by atomic mass is 16.5. The number of carbonyl (C=O) groups excluding carboxylic acids is 1. The Bertz CT molecular complexity index is 681. The predicted octanol–water partition coefficient (Wildman–Crippen LogP) is 3.09. The number of fused-ring (bicyclic) bond motifs is 3. The van der Waals surface area contributed by atoms with Gasteiger partial charge >= 0.3 is 0 Å². The number of carbonyl (C=O) groups is 1. The smallest absolute Gasteiger partial charge is 0.222 e. The maximum atomic E-state index is 12.7. The van der Waals surface area contributed by atoms with Gasteiger partial charge in [-0.25, -0.2) is 0 Å². The zero-order valence-corrected chi connectivity index (χ0v) is 15.7. The molecular formula is C22H30N2O2. The molecule has 2 aliphatic carbocycles. The van der Waals surface area contributed by atoms with Crippen LogP contribution < -0.4 is 4.74 Å². The van der Waals surface area contributed by atoms with E-state index in [-0.39, 0.29) is 0 Å². The van der Waals surface area contributed by atoms with Crippen molar-refractivity contribution in [2.45, 2.75) is 45.1 Å². The molecule has 4 heteroatoms. The molecule has 1 saturated heterocycles. The first kappa shape index (κ1) is 16.6. The van der Waals surface area contributed by atoms with E-state index in [1.165, 1.54) is 36.8 Å². The van der Waals surface area contributed by atoms with Crippen molar-refractivity contribution in [1.29, 1.82) is 0 Å². The minimum atomic E-state index is 0.414. The van der Waals surface area contributed by atoms with Gasteiger partial charge < -0.3 is 9.64 Å². The molecule has 0 unspecified atom stereocenters. The van der Waals surface area contributed by atoms with E-state index in [9.17, 15) is 4.79 Å². The molecule has 1 amide bonds. The standard InChI is InChI=1S/C22H30N2O2/c25-22(14-20-12-16-1-3-18(20)11-16)24-8-6-23(7-9-24)15-17-2-4-21-19(13-17)5-10-26-21/h2,4,13,16,18,20H,1,3,5-12,14-15H2/t16-,18+,20-/m0/s1. The average molecular weight is 354 g/mol. The lowest BCUT2D eigenvalue weighted by molar-refractivity contribution is -0.134. The molecular weight excluding hydrogens is 324 g/mol. The molecule has 0 radical (unpaired) electrons. The van der Waals surface area contributed by atoms with Crippen LogP contribution in [-0.2, 0) is 17.8 Å². The monoisotopic (exact) mass is 354 g/mol. The molecule has 4 nitrogen and oxygen atoms in total. The molecule has 2 bridgehead atoms. The average Bonchev–Trinajstić information content (AvgIpc) is 3.38. The second-order valence-electron chi connectivity index (χ2n) is 8.84. The maximum absolute atomic E-state index is 12.7. The maximum Gasteiger partial charge on any atom is 0.222 e. The first-order chi connectivity index (χ1) is 12.7. The van der Waals surface area contributed by atoms with Crippen LogP contribution in [0.4, 0.5) is 0 Å². The van der Waals surface area contributed by atoms with Crippen LogP contribution in [0.2, 0.25) is 0 Å². The van der Waals surface area contributed by atoms with Gasteiger partial charge in [0.2, 0.25) is 5.91 Å². The van der Waals surface area contributed by atoms with Crippen molar-refractivity contribution in [2.24, 2.45) is 17.8 Å². The van der Waals surface area contributed by atoms with Crippen molar-refractivity contribution in [1.82, 2.24) is 9.80 Å². The summed E-state index contributed by atoms with van der Waals surface area (Å²) < 4.78 is 5.60. The van der Waals surface area contributed by atoms with Crippen molar-refractivity contribution >= 4 is 5.91 Å². The van der Waals surface area contributed by atoms with Crippen LogP contribution >= 0.6 is 0 Å². The van der Waals surface area contributed by atoms with E-state index >= 15 is 0 Å². The van der Waals surface area contributed by atoms with E-state index in [1.54, 1.807) is 0 Å². The van der Waals surface area contributed by atoms with Crippen LogP contribution in [0.3, 0.4) is 0 Å². The Morgan fingerprint density at radius 2 is 2.00 bits per heavy atom. The van der Waals surface area contributed by atoms with Gasteiger partial charge in [0.25, 0.3) is 0 Å². The van der Waals surface area contributed by atoms with Crippen LogP contribution in [0.1, 0.15) is 43.2 Å². The molecule has 26 heavy (non-hydrogen) atoms. The van der Waals surface area contributed by atoms with Gasteiger partial charge in [-0.15, -0.1) is 0 Å². The number of hydrogen-bond donors (Lipinski definition) is 0. The van der Waals surface area contributed by atoms with Crippen LogP contribution in [0, 0.1) is 17.8 Å². The third kappa shape index (κ3) is 3.24. The molecule has 1 aromatic rings. The quantitative estimate of drug-likeness (QED) is 0.833. The van der Waals surface area contributed by atoms with E-state index in [0.717, 1.165) is 69.8 Å². The molecule has 2 aliphatic heterocycles. The molecule has 140 valence electrons. The Labute approximate surface area is 156 Å². The first-order valence-electron chi connectivity index (χ1n) is 10.5. The van der Waals surface area contributed by atoms with Crippen LogP contribution in [0.25, 0.3) is 0 Å². The van der Waals surface area contributed by atoms with E-state index in [0.29, 0.717) is 11.8 Å². The number of nitrogens with zero attached hydrogens (tertiary/aromatic N) is 2. The fourth-order valence-electron chi connectivity index (χ4n) is 5.73. The minimum absolute atomic E-state index is 0.414. The first-order valence-corrected chi connectivity index (χ1v) is 10.5. The van der Waals surface area contributed by atoms with E-state index < -0.39 is 0 Å². The summed E-state index contributed by atoms with van der Waals surface area (Å²) in [5, 5.41) is 0. The molecule has 0 aromatic heterocycles. The largest absolute Gasteiger partial charge is 0.493 e. The lowest BCUT2D eigenvalue weighted by Gasteiger charge is -2.36. The number of piperazine rings is 1. The number of rotatable bonds is 4. The van der Waals surface area contributed by atoms with Gasteiger partial charge in [-0.05, 0) is 54.2 Å². The Morgan fingerprint density at radius 3 is 2.77 bits per heavy atom. The molecule has 0 spiro atoms. The summed E-state index contributed by atoms with van der Waals surface area (Å²) in [5.41, 5.74) is 2.72. The van der Waals surface area contributed by atoms with E-state index in [2.05, 4.69) is 28.0 Å². The SMILES string of the molecule is O=C(C[C@@H]1C[C@H]2CC[C@@H]1C2)N1CCN(Cc2ccc3c(c2)CCO3)CC1. The Hall–Kier alpha value is -1.55. The molecule has 2 saturated carbocycles. The summed E-state index contributed by atoms with van der Waals surface area (Å²) in [6.45, 7) is 5.59. The van der Waals surface area contributed by atoms with Crippen LogP contribution in [0.15, 0.2) is 18.2 Å². The topological polar surface area (TPSA) is 32.8 Å². The van der Waals surface area contributed by atoms with Gasteiger partial charge in [-0.1, -0.05) is 18.6 Å². The highest BCUT2D eigenvalue weighted by molar-refractivity contribution is 5.76. The molecule has 0 N–H and O–H groups in total. The highest BCUT2D eigenvalue weighted by Gasteiger charge is 2.40.